The number of esters is 1. The highest BCUT2D eigenvalue weighted by Gasteiger charge is 2.42. The molecule has 1 amide bonds. The molecule has 0 bridgehead atoms. The summed E-state index contributed by atoms with van der Waals surface area (Å²) in [6.07, 6.45) is 4.97. The largest absolute Gasteiger partial charge is 0.493 e. The molecule has 1 aromatic carbocycles. The van der Waals surface area contributed by atoms with Crippen molar-refractivity contribution >= 4 is 28.8 Å². The fourth-order valence-corrected chi connectivity index (χ4v) is 5.16. The number of nitrogens with one attached hydrogen (secondary N) is 1. The Morgan fingerprint density at radius 1 is 1.19 bits per heavy atom. The number of benzene rings is 1. The quantitative estimate of drug-likeness (QED) is 0.369. The highest BCUT2D eigenvalue weighted by atomic mass is 32.2. The van der Waals surface area contributed by atoms with E-state index in [1.807, 2.05) is 34.6 Å². The molecular formula is C27H28N4O5S. The lowest BCUT2D eigenvalue weighted by molar-refractivity contribution is -0.138. The van der Waals surface area contributed by atoms with Gasteiger partial charge in [0.05, 0.1) is 38.0 Å². The van der Waals surface area contributed by atoms with Gasteiger partial charge in [0, 0.05) is 30.2 Å². The topological polar surface area (TPSA) is 102 Å². The monoisotopic (exact) mass is 520 g/mol. The zero-order valence-electron chi connectivity index (χ0n) is 20.9. The maximum atomic E-state index is 13.3. The van der Waals surface area contributed by atoms with Crippen LogP contribution in [-0.2, 0) is 20.9 Å². The van der Waals surface area contributed by atoms with Crippen LogP contribution in [0.15, 0.2) is 82.7 Å². The molecule has 0 unspecified atom stereocenters. The van der Waals surface area contributed by atoms with Gasteiger partial charge in [-0.15, -0.1) is 0 Å². The number of nitrogens with zero attached hydrogens (tertiary/aromatic N) is 3. The van der Waals surface area contributed by atoms with Crippen LogP contribution in [0, 0.1) is 0 Å². The summed E-state index contributed by atoms with van der Waals surface area (Å²) in [5.74, 6) is 0.321. The van der Waals surface area contributed by atoms with Gasteiger partial charge in [-0.05, 0) is 36.1 Å². The van der Waals surface area contributed by atoms with Crippen molar-refractivity contribution in [2.45, 2.75) is 25.9 Å². The summed E-state index contributed by atoms with van der Waals surface area (Å²) in [5, 5.41) is 5.49. The fourth-order valence-electron chi connectivity index (χ4n) is 4.19. The highest BCUT2D eigenvalue weighted by Crippen LogP contribution is 2.48. The first-order valence-corrected chi connectivity index (χ1v) is 12.4. The van der Waals surface area contributed by atoms with Gasteiger partial charge in [-0.25, -0.2) is 9.79 Å². The summed E-state index contributed by atoms with van der Waals surface area (Å²) >= 11 is 1.40. The summed E-state index contributed by atoms with van der Waals surface area (Å²) in [6, 6.07) is 8.53. The third-order valence-electron chi connectivity index (χ3n) is 5.86. The van der Waals surface area contributed by atoms with Gasteiger partial charge in [-0.2, -0.15) is 0 Å². The number of carbonyl (C=O) groups excluding carboxylic acids is 2. The molecule has 2 aromatic rings. The molecule has 1 atom stereocenters. The molecule has 1 N–H and O–H groups in total. The van der Waals surface area contributed by atoms with Crippen molar-refractivity contribution in [2.75, 3.05) is 20.8 Å². The average Bonchev–Trinajstić information content (AvgIpc) is 3.31. The number of thioether (sulfide) groups is 1. The summed E-state index contributed by atoms with van der Waals surface area (Å²) < 4.78 is 16.7. The lowest BCUT2D eigenvalue weighted by atomic mass is 9.92. The number of aromatic nitrogens is 1. The minimum absolute atomic E-state index is 0.0585. The van der Waals surface area contributed by atoms with Crippen LogP contribution >= 0.6 is 11.8 Å². The van der Waals surface area contributed by atoms with Gasteiger partial charge in [-0.3, -0.25) is 9.78 Å². The number of carbonyl (C=O) groups is 2. The number of pyridine rings is 1. The van der Waals surface area contributed by atoms with E-state index in [-0.39, 0.29) is 18.9 Å². The second-order valence-corrected chi connectivity index (χ2v) is 9.01. The minimum Gasteiger partial charge on any atom is -0.493 e. The van der Waals surface area contributed by atoms with Crippen LogP contribution in [0.25, 0.3) is 0 Å². The first-order chi connectivity index (χ1) is 18.0. The summed E-state index contributed by atoms with van der Waals surface area (Å²) in [7, 11) is 3.10. The third-order valence-corrected chi connectivity index (χ3v) is 6.75. The predicted octanol–water partition coefficient (Wildman–Crippen LogP) is 4.11. The van der Waals surface area contributed by atoms with Crippen LogP contribution in [0.3, 0.4) is 0 Å². The van der Waals surface area contributed by atoms with Gasteiger partial charge in [0.2, 0.25) is 5.91 Å². The first kappa shape index (κ1) is 26.0. The third kappa shape index (κ3) is 5.54. The number of hydrogen-bond acceptors (Lipinski definition) is 9. The number of amides is 1. The summed E-state index contributed by atoms with van der Waals surface area (Å²) in [5.41, 5.74) is 3.21. The van der Waals surface area contributed by atoms with E-state index in [4.69, 9.17) is 14.2 Å². The predicted molar refractivity (Wildman–Crippen MR) is 142 cm³/mol. The smallest absolute Gasteiger partial charge is 0.338 e. The van der Waals surface area contributed by atoms with Crippen LogP contribution in [0.2, 0.25) is 0 Å². The standard InChI is InChI=1S/C27H28N4O5S/c1-5-13-36-26(33)23-17(2)30-27-31(24(23)20-7-6-8-21(34-3)25(20)35-4)19(16-37-27)14-22(32)29-15-18-9-11-28-12-10-18/h5-12,16,24H,1,13-15H2,2-4H3,(H,29,32)/t24-/m1/s1. The Morgan fingerprint density at radius 3 is 2.68 bits per heavy atom. The van der Waals surface area contributed by atoms with Gasteiger partial charge in [-0.1, -0.05) is 36.5 Å². The van der Waals surface area contributed by atoms with Crippen LogP contribution in [-0.4, -0.2) is 47.8 Å². The van der Waals surface area contributed by atoms with E-state index in [9.17, 15) is 9.59 Å². The Balaban J connectivity index is 1.69. The van der Waals surface area contributed by atoms with Crippen LogP contribution in [0.5, 0.6) is 11.5 Å². The number of rotatable bonds is 10. The molecular weight excluding hydrogens is 492 g/mol. The summed E-state index contributed by atoms with van der Waals surface area (Å²) in [4.78, 5) is 36.8. The molecule has 0 radical (unpaired) electrons. The molecule has 9 nitrogen and oxygen atoms in total. The van der Waals surface area contributed by atoms with Crippen LogP contribution in [0.4, 0.5) is 0 Å². The molecule has 10 heteroatoms. The molecule has 0 aliphatic carbocycles. The number of aliphatic imine (C=N–C) groups is 1. The van der Waals surface area contributed by atoms with E-state index in [1.165, 1.54) is 17.8 Å². The number of fused-ring (bicyclic) bond motifs is 1. The SMILES string of the molecule is C=CCOC(=O)C1=C(C)N=C2SC=C(CC(=O)NCc3ccncc3)N2[C@@H]1c1cccc(OC)c1OC. The molecule has 0 fully saturated rings. The molecule has 3 heterocycles. The number of para-hydroxylation sites is 1. The number of ether oxygens (including phenoxy) is 3. The van der Waals surface area contributed by atoms with Gasteiger partial charge in [0.15, 0.2) is 16.7 Å². The number of amidine groups is 1. The second-order valence-electron chi connectivity index (χ2n) is 8.17. The van der Waals surface area contributed by atoms with Crippen LogP contribution in [0.1, 0.15) is 30.5 Å². The lowest BCUT2D eigenvalue weighted by Crippen LogP contribution is -2.38. The molecule has 37 heavy (non-hydrogen) atoms. The number of methoxy groups -OCH3 is 2. The maximum absolute atomic E-state index is 13.3. The Labute approximate surface area is 219 Å². The van der Waals surface area contributed by atoms with Crippen molar-refractivity contribution in [2.24, 2.45) is 4.99 Å². The zero-order chi connectivity index (χ0) is 26.4. The molecule has 0 saturated heterocycles. The average molecular weight is 521 g/mol. The number of hydrogen-bond donors (Lipinski definition) is 1. The molecule has 1 aromatic heterocycles. The Bertz CT molecular complexity index is 1290. The maximum Gasteiger partial charge on any atom is 0.338 e. The van der Waals surface area contributed by atoms with Crippen molar-refractivity contribution in [3.63, 3.8) is 0 Å². The Morgan fingerprint density at radius 2 is 1.97 bits per heavy atom. The molecule has 4 rings (SSSR count). The van der Waals surface area contributed by atoms with E-state index in [1.54, 1.807) is 39.6 Å². The molecule has 2 aliphatic rings. The van der Waals surface area contributed by atoms with Gasteiger partial charge < -0.3 is 24.4 Å². The first-order valence-electron chi connectivity index (χ1n) is 11.6. The van der Waals surface area contributed by atoms with E-state index in [0.717, 1.165) is 5.56 Å². The van der Waals surface area contributed by atoms with Crippen molar-refractivity contribution in [3.8, 4) is 11.5 Å². The molecule has 0 spiro atoms. The minimum atomic E-state index is -0.649. The van der Waals surface area contributed by atoms with Crippen molar-refractivity contribution < 1.29 is 23.8 Å². The normalized spacial score (nSPS) is 16.4. The Kier molecular flexibility index (Phi) is 8.29. The lowest BCUT2D eigenvalue weighted by Gasteiger charge is -2.37. The van der Waals surface area contributed by atoms with Crippen molar-refractivity contribution in [3.05, 3.63) is 88.9 Å². The van der Waals surface area contributed by atoms with E-state index in [0.29, 0.717) is 45.7 Å². The van der Waals surface area contributed by atoms with E-state index in [2.05, 4.69) is 21.9 Å². The highest BCUT2D eigenvalue weighted by molar-refractivity contribution is 8.16. The van der Waals surface area contributed by atoms with E-state index < -0.39 is 12.0 Å². The van der Waals surface area contributed by atoms with Crippen molar-refractivity contribution in [1.29, 1.82) is 0 Å². The zero-order valence-corrected chi connectivity index (χ0v) is 21.7. The van der Waals surface area contributed by atoms with E-state index >= 15 is 0 Å². The summed E-state index contributed by atoms with van der Waals surface area (Å²) in [6.45, 7) is 5.85. The van der Waals surface area contributed by atoms with Gasteiger partial charge in [0.1, 0.15) is 6.61 Å². The molecule has 0 saturated carbocycles. The number of allylic oxidation sites excluding steroid dienone is 1. The van der Waals surface area contributed by atoms with Gasteiger partial charge >= 0.3 is 5.97 Å². The molecule has 2 aliphatic heterocycles. The van der Waals surface area contributed by atoms with Crippen LogP contribution < -0.4 is 14.8 Å². The second kappa shape index (κ2) is 11.8. The van der Waals surface area contributed by atoms with Crippen molar-refractivity contribution in [1.82, 2.24) is 15.2 Å². The van der Waals surface area contributed by atoms with Gasteiger partial charge in [0.25, 0.3) is 0 Å². The Hall–Kier alpha value is -4.05. The fraction of sp³-hybridized carbons (Fsp3) is 0.259. The molecule has 192 valence electrons.